The van der Waals surface area contributed by atoms with E-state index >= 15 is 0 Å². The van der Waals surface area contributed by atoms with E-state index in [4.69, 9.17) is 27.9 Å². The third-order valence-electron chi connectivity index (χ3n) is 3.98. The predicted molar refractivity (Wildman–Crippen MR) is 106 cm³/mol. The summed E-state index contributed by atoms with van der Waals surface area (Å²) in [6.07, 6.45) is 3.28. The van der Waals surface area contributed by atoms with Gasteiger partial charge in [0.25, 0.3) is 0 Å². The number of carbonyl (C=O) groups is 1. The minimum absolute atomic E-state index is 0.0560. The van der Waals surface area contributed by atoms with Crippen LogP contribution in [0.3, 0.4) is 0 Å². The fourth-order valence-electron chi connectivity index (χ4n) is 2.68. The van der Waals surface area contributed by atoms with Crippen LogP contribution in [0.5, 0.6) is 0 Å². The summed E-state index contributed by atoms with van der Waals surface area (Å²) in [6, 6.07) is 11.6. The summed E-state index contributed by atoms with van der Waals surface area (Å²) in [5.74, 6) is -0.0560. The van der Waals surface area contributed by atoms with E-state index in [-0.39, 0.29) is 5.91 Å². The van der Waals surface area contributed by atoms with Crippen molar-refractivity contribution in [1.82, 2.24) is 4.90 Å². The fourth-order valence-corrected chi connectivity index (χ4v) is 3.47. The van der Waals surface area contributed by atoms with Gasteiger partial charge in [-0.05, 0) is 35.4 Å². The van der Waals surface area contributed by atoms with E-state index in [1.54, 1.807) is 23.1 Å². The Morgan fingerprint density at radius 1 is 1.16 bits per heavy atom. The summed E-state index contributed by atoms with van der Waals surface area (Å²) in [6.45, 7) is 2.34. The van der Waals surface area contributed by atoms with Gasteiger partial charge in [-0.3, -0.25) is 4.79 Å². The fraction of sp³-hybridized carbons (Fsp3) is 0.211. The third kappa shape index (κ3) is 4.45. The number of hydrogen-bond donors (Lipinski definition) is 0. The maximum atomic E-state index is 12.4. The first-order chi connectivity index (χ1) is 12.1. The molecule has 1 fully saturated rings. The van der Waals surface area contributed by atoms with E-state index in [0.717, 1.165) is 21.2 Å². The van der Waals surface area contributed by atoms with Crippen LogP contribution in [0.4, 0.5) is 0 Å². The van der Waals surface area contributed by atoms with Crippen LogP contribution in [0.2, 0.25) is 10.0 Å². The maximum absolute atomic E-state index is 12.4. The molecule has 0 N–H and O–H groups in total. The molecule has 0 spiro atoms. The average Bonchev–Trinajstić information content (AvgIpc) is 2.63. The van der Waals surface area contributed by atoms with Crippen LogP contribution in [0.25, 0.3) is 17.2 Å². The molecule has 3 rings (SSSR count). The number of amides is 1. The minimum Gasteiger partial charge on any atom is -0.378 e. The zero-order valence-electron chi connectivity index (χ0n) is 13.3. The zero-order chi connectivity index (χ0) is 17.8. The van der Waals surface area contributed by atoms with Gasteiger partial charge in [0, 0.05) is 29.2 Å². The van der Waals surface area contributed by atoms with E-state index in [1.165, 1.54) is 0 Å². The first-order valence-corrected chi connectivity index (χ1v) is 9.40. The number of benzene rings is 2. The number of morpholine rings is 1. The molecule has 2 aromatic rings. The first-order valence-electron chi connectivity index (χ1n) is 7.85. The van der Waals surface area contributed by atoms with Crippen LogP contribution in [0.1, 0.15) is 5.56 Å². The number of ether oxygens (including phenoxy) is 1. The quantitative estimate of drug-likeness (QED) is 0.606. The van der Waals surface area contributed by atoms with Crippen molar-refractivity contribution < 1.29 is 9.53 Å². The summed E-state index contributed by atoms with van der Waals surface area (Å²) < 4.78 is 6.24. The standard InChI is InChI=1S/C19H16BrCl2NO2/c20-14-3-1-2-13(12-14)15-4-6-17(21)19(22)16(15)5-7-18(24)23-8-10-25-11-9-23/h1-7,12H,8-11H2. The summed E-state index contributed by atoms with van der Waals surface area (Å²) in [7, 11) is 0. The van der Waals surface area contributed by atoms with E-state index in [2.05, 4.69) is 15.9 Å². The number of hydrogen-bond acceptors (Lipinski definition) is 2. The Morgan fingerprint density at radius 2 is 1.92 bits per heavy atom. The van der Waals surface area contributed by atoms with Crippen LogP contribution in [-0.4, -0.2) is 37.1 Å². The van der Waals surface area contributed by atoms with Gasteiger partial charge in [-0.25, -0.2) is 0 Å². The molecule has 2 aromatic carbocycles. The summed E-state index contributed by atoms with van der Waals surface area (Å²) in [4.78, 5) is 14.1. The molecule has 3 nitrogen and oxygen atoms in total. The zero-order valence-corrected chi connectivity index (χ0v) is 16.4. The SMILES string of the molecule is O=C(C=Cc1c(-c2cccc(Br)c2)ccc(Cl)c1Cl)N1CCOCC1. The molecular weight excluding hydrogens is 425 g/mol. The van der Waals surface area contributed by atoms with Crippen molar-refractivity contribution in [3.63, 3.8) is 0 Å². The summed E-state index contributed by atoms with van der Waals surface area (Å²) in [5, 5.41) is 0.893. The highest BCUT2D eigenvalue weighted by Crippen LogP contribution is 2.36. The van der Waals surface area contributed by atoms with Crippen molar-refractivity contribution in [3.05, 3.63) is 62.6 Å². The lowest BCUT2D eigenvalue weighted by Gasteiger charge is -2.25. The molecule has 0 aliphatic carbocycles. The Kier molecular flexibility index (Phi) is 6.18. The molecule has 0 atom stereocenters. The second-order valence-corrected chi connectivity index (χ2v) is 7.30. The van der Waals surface area contributed by atoms with Crippen LogP contribution in [-0.2, 0) is 9.53 Å². The van der Waals surface area contributed by atoms with Gasteiger partial charge in [-0.2, -0.15) is 0 Å². The molecule has 0 unspecified atom stereocenters. The number of nitrogens with zero attached hydrogens (tertiary/aromatic N) is 1. The third-order valence-corrected chi connectivity index (χ3v) is 5.30. The minimum atomic E-state index is -0.0560. The Balaban J connectivity index is 1.95. The van der Waals surface area contributed by atoms with Gasteiger partial charge in [0.1, 0.15) is 0 Å². The average molecular weight is 441 g/mol. The Hall–Kier alpha value is -1.33. The van der Waals surface area contributed by atoms with Gasteiger partial charge in [-0.1, -0.05) is 57.3 Å². The predicted octanol–water partition coefficient (Wildman–Crippen LogP) is 5.29. The van der Waals surface area contributed by atoms with Crippen LogP contribution in [0, 0.1) is 0 Å². The molecule has 0 bridgehead atoms. The van der Waals surface area contributed by atoms with Crippen molar-refractivity contribution in [1.29, 1.82) is 0 Å². The molecular formula is C19H16BrCl2NO2. The van der Waals surface area contributed by atoms with E-state index in [0.29, 0.717) is 36.3 Å². The van der Waals surface area contributed by atoms with Crippen molar-refractivity contribution in [2.24, 2.45) is 0 Å². The van der Waals surface area contributed by atoms with Crippen molar-refractivity contribution >= 4 is 51.1 Å². The van der Waals surface area contributed by atoms with E-state index in [1.807, 2.05) is 30.3 Å². The molecule has 0 saturated carbocycles. The van der Waals surface area contributed by atoms with E-state index in [9.17, 15) is 4.79 Å². The molecule has 25 heavy (non-hydrogen) atoms. The van der Waals surface area contributed by atoms with Crippen molar-refractivity contribution in [2.45, 2.75) is 0 Å². The van der Waals surface area contributed by atoms with Crippen molar-refractivity contribution in [3.8, 4) is 11.1 Å². The Labute approximate surface area is 165 Å². The second kappa shape index (κ2) is 8.37. The molecule has 1 amide bonds. The topological polar surface area (TPSA) is 29.5 Å². The molecule has 1 aliphatic heterocycles. The number of halogens is 3. The molecule has 130 valence electrons. The molecule has 6 heteroatoms. The first kappa shape index (κ1) is 18.5. The Bertz CT molecular complexity index is 817. The molecule has 1 saturated heterocycles. The smallest absolute Gasteiger partial charge is 0.246 e. The van der Waals surface area contributed by atoms with Crippen molar-refractivity contribution in [2.75, 3.05) is 26.3 Å². The molecule has 1 aliphatic rings. The number of carbonyl (C=O) groups excluding carboxylic acids is 1. The molecule has 0 radical (unpaired) electrons. The van der Waals surface area contributed by atoms with Crippen LogP contribution < -0.4 is 0 Å². The highest BCUT2D eigenvalue weighted by molar-refractivity contribution is 9.10. The van der Waals surface area contributed by atoms with Gasteiger partial charge in [0.05, 0.1) is 23.3 Å². The summed E-state index contributed by atoms with van der Waals surface area (Å²) >= 11 is 16.1. The lowest BCUT2D eigenvalue weighted by molar-refractivity contribution is -0.129. The number of rotatable bonds is 3. The highest BCUT2D eigenvalue weighted by atomic mass is 79.9. The molecule has 1 heterocycles. The van der Waals surface area contributed by atoms with Crippen LogP contribution >= 0.6 is 39.1 Å². The van der Waals surface area contributed by atoms with Gasteiger partial charge < -0.3 is 9.64 Å². The Morgan fingerprint density at radius 3 is 2.64 bits per heavy atom. The lowest BCUT2D eigenvalue weighted by atomic mass is 9.99. The van der Waals surface area contributed by atoms with Gasteiger partial charge in [-0.15, -0.1) is 0 Å². The van der Waals surface area contributed by atoms with Gasteiger partial charge in [0.15, 0.2) is 0 Å². The second-order valence-electron chi connectivity index (χ2n) is 5.60. The summed E-state index contributed by atoms with van der Waals surface area (Å²) in [5.41, 5.74) is 2.64. The molecule has 0 aromatic heterocycles. The van der Waals surface area contributed by atoms with Crippen LogP contribution in [0.15, 0.2) is 46.9 Å². The highest BCUT2D eigenvalue weighted by Gasteiger charge is 2.15. The normalized spacial score (nSPS) is 14.9. The van der Waals surface area contributed by atoms with Gasteiger partial charge >= 0.3 is 0 Å². The monoisotopic (exact) mass is 439 g/mol. The maximum Gasteiger partial charge on any atom is 0.246 e. The van der Waals surface area contributed by atoms with E-state index < -0.39 is 0 Å². The largest absolute Gasteiger partial charge is 0.378 e. The lowest BCUT2D eigenvalue weighted by Crippen LogP contribution is -2.39. The van der Waals surface area contributed by atoms with Gasteiger partial charge in [0.2, 0.25) is 5.91 Å².